The first-order valence-corrected chi connectivity index (χ1v) is 8.03. The summed E-state index contributed by atoms with van der Waals surface area (Å²) in [6.07, 6.45) is 0. The molecule has 1 heterocycles. The minimum Gasteiger partial charge on any atom is -0.326 e. The minimum absolute atomic E-state index is 0.237. The molecule has 2 aromatic rings. The molecule has 25 heavy (non-hydrogen) atoms. The van der Waals surface area contributed by atoms with Crippen molar-refractivity contribution in [2.24, 2.45) is 0 Å². The molecule has 0 unspecified atom stereocenters. The van der Waals surface area contributed by atoms with Gasteiger partial charge < -0.3 is 5.32 Å². The zero-order valence-electron chi connectivity index (χ0n) is 12.7. The number of urea groups is 1. The number of benzene rings is 2. The minimum atomic E-state index is -2.05. The Morgan fingerprint density at radius 2 is 1.56 bits per heavy atom. The van der Waals surface area contributed by atoms with E-state index in [0.29, 0.717) is 4.47 Å². The van der Waals surface area contributed by atoms with Crippen LogP contribution in [0.2, 0.25) is 0 Å². The van der Waals surface area contributed by atoms with Gasteiger partial charge in [-0.05, 0) is 23.8 Å². The van der Waals surface area contributed by atoms with E-state index in [9.17, 15) is 19.2 Å². The number of amides is 5. The number of rotatable bonds is 3. The zero-order chi connectivity index (χ0) is 18.0. The number of hydrogen-bond acceptors (Lipinski definition) is 4. The van der Waals surface area contributed by atoms with Gasteiger partial charge in [-0.15, -0.1) is 0 Å². The molecule has 1 aliphatic rings. The zero-order valence-corrected chi connectivity index (χ0v) is 14.3. The molecule has 126 valence electrons. The molecule has 5 amide bonds. The van der Waals surface area contributed by atoms with Crippen LogP contribution in [0.3, 0.4) is 0 Å². The SMILES string of the molecule is O=C1NC(=O)C(NC(=O)c2cccc(Br)c2)(c2ccccc2)C(=O)N1. The summed E-state index contributed by atoms with van der Waals surface area (Å²) < 4.78 is 0.668. The molecule has 1 aliphatic heterocycles. The third-order valence-corrected chi connectivity index (χ3v) is 4.22. The molecule has 1 fully saturated rings. The van der Waals surface area contributed by atoms with E-state index in [2.05, 4.69) is 21.2 Å². The van der Waals surface area contributed by atoms with Crippen molar-refractivity contribution in [3.05, 3.63) is 70.2 Å². The van der Waals surface area contributed by atoms with Gasteiger partial charge in [-0.2, -0.15) is 0 Å². The summed E-state index contributed by atoms with van der Waals surface area (Å²) >= 11 is 3.26. The van der Waals surface area contributed by atoms with Crippen molar-refractivity contribution in [2.75, 3.05) is 0 Å². The van der Waals surface area contributed by atoms with Gasteiger partial charge in [-0.25, -0.2) is 4.79 Å². The molecule has 1 saturated heterocycles. The van der Waals surface area contributed by atoms with Gasteiger partial charge in [0.25, 0.3) is 17.7 Å². The quantitative estimate of drug-likeness (QED) is 0.676. The van der Waals surface area contributed by atoms with Crippen LogP contribution in [0.4, 0.5) is 4.79 Å². The topological polar surface area (TPSA) is 104 Å². The van der Waals surface area contributed by atoms with E-state index in [1.165, 1.54) is 12.1 Å². The van der Waals surface area contributed by atoms with Crippen molar-refractivity contribution < 1.29 is 19.2 Å². The van der Waals surface area contributed by atoms with Crippen molar-refractivity contribution in [1.82, 2.24) is 16.0 Å². The van der Waals surface area contributed by atoms with Crippen LogP contribution in [-0.4, -0.2) is 23.8 Å². The highest BCUT2D eigenvalue weighted by Gasteiger charge is 2.53. The van der Waals surface area contributed by atoms with Gasteiger partial charge in [0.2, 0.25) is 5.54 Å². The summed E-state index contributed by atoms with van der Waals surface area (Å²) in [6, 6.07) is 13.6. The van der Waals surface area contributed by atoms with Crippen LogP contribution in [0, 0.1) is 0 Å². The second-order valence-electron chi connectivity index (χ2n) is 5.32. The van der Waals surface area contributed by atoms with E-state index in [0.717, 1.165) is 0 Å². The number of imide groups is 2. The maximum absolute atomic E-state index is 12.6. The Labute approximate surface area is 150 Å². The van der Waals surface area contributed by atoms with Crippen LogP contribution >= 0.6 is 15.9 Å². The molecule has 0 aromatic heterocycles. The lowest BCUT2D eigenvalue weighted by Crippen LogP contribution is -2.71. The standard InChI is InChI=1S/C17H12BrN3O4/c18-12-8-4-5-10(9-12)13(22)21-17(11-6-2-1-3-7-11)14(23)19-16(25)20-15(17)24/h1-9H,(H,21,22)(H2,19,20,23,24,25). The Morgan fingerprint density at radius 1 is 0.920 bits per heavy atom. The average Bonchev–Trinajstić information content (AvgIpc) is 2.58. The second kappa shape index (κ2) is 6.48. The number of barbiturate groups is 1. The lowest BCUT2D eigenvalue weighted by Gasteiger charge is -2.34. The summed E-state index contributed by atoms with van der Waals surface area (Å²) in [5, 5.41) is 6.54. The van der Waals surface area contributed by atoms with Crippen LogP contribution in [0.15, 0.2) is 59.1 Å². The number of carbonyl (C=O) groups excluding carboxylic acids is 4. The molecule has 7 nitrogen and oxygen atoms in total. The first kappa shape index (κ1) is 16.8. The molecule has 0 atom stereocenters. The molecule has 3 rings (SSSR count). The summed E-state index contributed by atoms with van der Waals surface area (Å²) in [4.78, 5) is 49.2. The smallest absolute Gasteiger partial charge is 0.326 e. The van der Waals surface area contributed by atoms with E-state index in [1.807, 2.05) is 10.6 Å². The Kier molecular flexibility index (Phi) is 4.37. The third-order valence-electron chi connectivity index (χ3n) is 3.73. The summed E-state index contributed by atoms with van der Waals surface area (Å²) in [6.45, 7) is 0. The van der Waals surface area contributed by atoms with Gasteiger partial charge in [0.1, 0.15) is 0 Å². The van der Waals surface area contributed by atoms with Crippen molar-refractivity contribution in [1.29, 1.82) is 0 Å². The van der Waals surface area contributed by atoms with Crippen molar-refractivity contribution in [2.45, 2.75) is 5.54 Å². The molecule has 0 bridgehead atoms. The number of carbonyl (C=O) groups is 4. The Morgan fingerprint density at radius 3 is 2.16 bits per heavy atom. The Bertz CT molecular complexity index is 862. The number of nitrogens with one attached hydrogen (secondary N) is 3. The molecule has 3 N–H and O–H groups in total. The number of hydrogen-bond donors (Lipinski definition) is 3. The highest BCUT2D eigenvalue weighted by Crippen LogP contribution is 2.25. The van der Waals surface area contributed by atoms with Crippen LogP contribution in [0.5, 0.6) is 0 Å². The van der Waals surface area contributed by atoms with Gasteiger partial charge in [0.05, 0.1) is 0 Å². The van der Waals surface area contributed by atoms with Crippen LogP contribution < -0.4 is 16.0 Å². The van der Waals surface area contributed by atoms with E-state index in [4.69, 9.17) is 0 Å². The largest absolute Gasteiger partial charge is 0.328 e. The van der Waals surface area contributed by atoms with Crippen LogP contribution in [0.1, 0.15) is 15.9 Å². The summed E-state index contributed by atoms with van der Waals surface area (Å²) in [5.74, 6) is -2.48. The summed E-state index contributed by atoms with van der Waals surface area (Å²) in [7, 11) is 0. The lowest BCUT2D eigenvalue weighted by molar-refractivity contribution is -0.139. The van der Waals surface area contributed by atoms with Crippen molar-refractivity contribution in [3.8, 4) is 0 Å². The van der Waals surface area contributed by atoms with Gasteiger partial charge in [-0.1, -0.05) is 52.3 Å². The third kappa shape index (κ3) is 3.03. The van der Waals surface area contributed by atoms with Crippen LogP contribution in [0.25, 0.3) is 0 Å². The molecular formula is C17H12BrN3O4. The maximum Gasteiger partial charge on any atom is 0.328 e. The van der Waals surface area contributed by atoms with Crippen LogP contribution in [-0.2, 0) is 15.1 Å². The van der Waals surface area contributed by atoms with E-state index in [1.54, 1.807) is 42.5 Å². The number of halogens is 1. The van der Waals surface area contributed by atoms with E-state index in [-0.39, 0.29) is 11.1 Å². The molecule has 0 radical (unpaired) electrons. The maximum atomic E-state index is 12.6. The first-order chi connectivity index (χ1) is 11.9. The fourth-order valence-electron chi connectivity index (χ4n) is 2.54. The predicted molar refractivity (Wildman–Crippen MR) is 91.4 cm³/mol. The molecule has 8 heteroatoms. The van der Waals surface area contributed by atoms with Crippen molar-refractivity contribution in [3.63, 3.8) is 0 Å². The van der Waals surface area contributed by atoms with E-state index < -0.39 is 29.3 Å². The fourth-order valence-corrected chi connectivity index (χ4v) is 2.94. The molecule has 0 saturated carbocycles. The highest BCUT2D eigenvalue weighted by atomic mass is 79.9. The Balaban J connectivity index is 2.06. The average molecular weight is 402 g/mol. The predicted octanol–water partition coefficient (Wildman–Crippen LogP) is 1.44. The normalized spacial score (nSPS) is 16.0. The summed E-state index contributed by atoms with van der Waals surface area (Å²) in [5.41, 5.74) is -1.56. The monoisotopic (exact) mass is 401 g/mol. The molecule has 2 aromatic carbocycles. The Hall–Kier alpha value is -3.00. The lowest BCUT2D eigenvalue weighted by atomic mass is 9.86. The van der Waals surface area contributed by atoms with Gasteiger partial charge in [-0.3, -0.25) is 25.0 Å². The molecular weight excluding hydrogens is 390 g/mol. The van der Waals surface area contributed by atoms with Gasteiger partial charge in [0, 0.05) is 10.0 Å². The highest BCUT2D eigenvalue weighted by molar-refractivity contribution is 9.10. The van der Waals surface area contributed by atoms with Gasteiger partial charge in [0.15, 0.2) is 0 Å². The van der Waals surface area contributed by atoms with Crippen molar-refractivity contribution >= 4 is 39.7 Å². The van der Waals surface area contributed by atoms with Gasteiger partial charge >= 0.3 is 6.03 Å². The molecule has 0 aliphatic carbocycles. The fraction of sp³-hybridized carbons (Fsp3) is 0.0588. The van der Waals surface area contributed by atoms with E-state index >= 15 is 0 Å². The first-order valence-electron chi connectivity index (χ1n) is 7.24. The molecule has 0 spiro atoms. The second-order valence-corrected chi connectivity index (χ2v) is 6.23.